The third kappa shape index (κ3) is 9.28. The van der Waals surface area contributed by atoms with Crippen molar-refractivity contribution in [2.45, 2.75) is 103 Å². The van der Waals surface area contributed by atoms with Crippen molar-refractivity contribution < 1.29 is 13.2 Å². The minimum absolute atomic E-state index is 0.266. The van der Waals surface area contributed by atoms with Crippen LogP contribution >= 0.6 is 0 Å². The summed E-state index contributed by atoms with van der Waals surface area (Å²) in [6, 6.07) is 21.4. The van der Waals surface area contributed by atoms with Crippen molar-refractivity contribution in [1.29, 1.82) is 5.26 Å². The van der Waals surface area contributed by atoms with Crippen molar-refractivity contribution in [3.8, 4) is 6.07 Å². The van der Waals surface area contributed by atoms with Gasteiger partial charge in [-0.3, -0.25) is 4.90 Å². The highest BCUT2D eigenvalue weighted by Crippen LogP contribution is 2.46. The van der Waals surface area contributed by atoms with Gasteiger partial charge in [0.15, 0.2) is 0 Å². The summed E-state index contributed by atoms with van der Waals surface area (Å²) >= 11 is 0. The fourth-order valence-electron chi connectivity index (χ4n) is 5.56. The highest BCUT2D eigenvalue weighted by molar-refractivity contribution is 5.27. The van der Waals surface area contributed by atoms with E-state index in [1.165, 1.54) is 18.1 Å². The topological polar surface area (TPSA) is 27.0 Å². The highest BCUT2D eigenvalue weighted by Gasteiger charge is 2.45. The SMILES string of the molecule is CC#N.CCC(CCc1ccc(C2CCCCC2C(F)(F)F)cc1)N(CCc1ccccc1)C(C)C. The molecule has 1 saturated carbocycles. The van der Waals surface area contributed by atoms with Crippen LogP contribution in [0.15, 0.2) is 54.6 Å². The zero-order valence-corrected chi connectivity index (χ0v) is 22.4. The Kier molecular flexibility index (Phi) is 12.5. The zero-order valence-electron chi connectivity index (χ0n) is 22.4. The standard InChI is InChI=1S/C29H40F3N.C2H3N/c1-4-26(33(22(2)3)21-20-23-10-6-5-7-11-23)19-16-24-14-17-25(18-15-24)27-12-8-9-13-28(27)29(30,31)32;1-2-3/h5-7,10-11,14-15,17-18,22,26-28H,4,8-9,12-13,16,19-21H2,1-3H3;1H3. The van der Waals surface area contributed by atoms with Gasteiger partial charge in [0.1, 0.15) is 0 Å². The minimum Gasteiger partial charge on any atom is -0.298 e. The molecule has 3 unspecified atom stereocenters. The molecule has 0 radical (unpaired) electrons. The van der Waals surface area contributed by atoms with Gasteiger partial charge in [-0.05, 0) is 75.0 Å². The second kappa shape index (κ2) is 15.1. The molecule has 2 nitrogen and oxygen atoms in total. The Hall–Kier alpha value is -2.32. The zero-order chi connectivity index (χ0) is 26.6. The second-order valence-corrected chi connectivity index (χ2v) is 10.2. The molecule has 0 aliphatic heterocycles. The van der Waals surface area contributed by atoms with E-state index in [0.717, 1.165) is 44.2 Å². The average molecular weight is 501 g/mol. The highest BCUT2D eigenvalue weighted by atomic mass is 19.4. The normalized spacial score (nSPS) is 18.9. The fourth-order valence-corrected chi connectivity index (χ4v) is 5.56. The second-order valence-electron chi connectivity index (χ2n) is 10.2. The molecule has 36 heavy (non-hydrogen) atoms. The van der Waals surface area contributed by atoms with Crippen LogP contribution in [-0.2, 0) is 12.8 Å². The molecule has 0 heterocycles. The number of benzene rings is 2. The van der Waals surface area contributed by atoms with Gasteiger partial charge in [0.05, 0.1) is 12.0 Å². The van der Waals surface area contributed by atoms with Crippen LogP contribution in [0, 0.1) is 17.2 Å². The summed E-state index contributed by atoms with van der Waals surface area (Å²) in [6.45, 7) is 9.26. The number of alkyl halides is 3. The lowest BCUT2D eigenvalue weighted by Gasteiger charge is -2.35. The Balaban J connectivity index is 0.00000145. The average Bonchev–Trinajstić information content (AvgIpc) is 2.86. The molecule has 0 spiro atoms. The number of nitrogens with zero attached hydrogens (tertiary/aromatic N) is 2. The molecule has 3 rings (SSSR count). The predicted octanol–water partition coefficient (Wildman–Crippen LogP) is 8.72. The van der Waals surface area contributed by atoms with Gasteiger partial charge in [-0.15, -0.1) is 0 Å². The van der Waals surface area contributed by atoms with Gasteiger partial charge in [0, 0.05) is 25.6 Å². The number of nitriles is 1. The third-order valence-corrected chi connectivity index (χ3v) is 7.47. The van der Waals surface area contributed by atoms with E-state index in [0.29, 0.717) is 24.9 Å². The Morgan fingerprint density at radius 1 is 0.944 bits per heavy atom. The van der Waals surface area contributed by atoms with Gasteiger partial charge in [0.2, 0.25) is 0 Å². The fraction of sp³-hybridized carbons (Fsp3) is 0.581. The van der Waals surface area contributed by atoms with E-state index < -0.39 is 12.1 Å². The first-order chi connectivity index (χ1) is 17.2. The Labute approximate surface area is 216 Å². The van der Waals surface area contributed by atoms with E-state index in [1.807, 2.05) is 12.1 Å². The van der Waals surface area contributed by atoms with Gasteiger partial charge in [-0.25, -0.2) is 0 Å². The van der Waals surface area contributed by atoms with E-state index in [-0.39, 0.29) is 12.3 Å². The Morgan fingerprint density at radius 3 is 2.08 bits per heavy atom. The van der Waals surface area contributed by atoms with Crippen molar-refractivity contribution in [3.05, 3.63) is 71.3 Å². The molecule has 0 bridgehead atoms. The van der Waals surface area contributed by atoms with Crippen molar-refractivity contribution in [1.82, 2.24) is 4.90 Å². The smallest absolute Gasteiger partial charge is 0.298 e. The molecule has 2 aromatic carbocycles. The summed E-state index contributed by atoms with van der Waals surface area (Å²) in [7, 11) is 0. The summed E-state index contributed by atoms with van der Waals surface area (Å²) in [5.41, 5.74) is 3.45. The maximum Gasteiger partial charge on any atom is 0.392 e. The number of aryl methyl sites for hydroxylation is 1. The summed E-state index contributed by atoms with van der Waals surface area (Å²) in [5, 5.41) is 7.32. The molecule has 1 fully saturated rings. The molecule has 2 aromatic rings. The van der Waals surface area contributed by atoms with Crippen molar-refractivity contribution in [3.63, 3.8) is 0 Å². The maximum atomic E-state index is 13.5. The molecule has 0 aromatic heterocycles. The molecule has 0 amide bonds. The Bertz CT molecular complexity index is 900. The minimum atomic E-state index is -4.10. The quantitative estimate of drug-likeness (QED) is 0.326. The van der Waals surface area contributed by atoms with Gasteiger partial charge in [0.25, 0.3) is 0 Å². The Morgan fingerprint density at radius 2 is 1.53 bits per heavy atom. The number of hydrogen-bond acceptors (Lipinski definition) is 2. The van der Waals surface area contributed by atoms with Crippen LogP contribution < -0.4 is 0 Å². The van der Waals surface area contributed by atoms with Gasteiger partial charge < -0.3 is 0 Å². The van der Waals surface area contributed by atoms with E-state index in [1.54, 1.807) is 6.07 Å². The van der Waals surface area contributed by atoms with Crippen LogP contribution in [0.3, 0.4) is 0 Å². The molecule has 1 aliphatic rings. The van der Waals surface area contributed by atoms with Gasteiger partial charge in [-0.1, -0.05) is 74.4 Å². The lowest BCUT2D eigenvalue weighted by atomic mass is 9.75. The number of halogens is 3. The molecule has 3 atom stereocenters. The van der Waals surface area contributed by atoms with E-state index >= 15 is 0 Å². The summed E-state index contributed by atoms with van der Waals surface area (Å²) < 4.78 is 40.5. The molecular weight excluding hydrogens is 457 g/mol. The van der Waals surface area contributed by atoms with Crippen molar-refractivity contribution in [2.24, 2.45) is 5.92 Å². The van der Waals surface area contributed by atoms with Crippen molar-refractivity contribution in [2.75, 3.05) is 6.54 Å². The molecule has 198 valence electrons. The first-order valence-corrected chi connectivity index (χ1v) is 13.5. The molecule has 5 heteroatoms. The first kappa shape index (κ1) is 29.9. The third-order valence-electron chi connectivity index (χ3n) is 7.47. The van der Waals surface area contributed by atoms with Crippen LogP contribution in [-0.4, -0.2) is 29.7 Å². The molecule has 1 aliphatic carbocycles. The van der Waals surface area contributed by atoms with E-state index in [4.69, 9.17) is 5.26 Å². The predicted molar refractivity (Wildman–Crippen MR) is 143 cm³/mol. The van der Waals surface area contributed by atoms with Crippen LogP contribution in [0.4, 0.5) is 13.2 Å². The number of rotatable bonds is 10. The van der Waals surface area contributed by atoms with Crippen LogP contribution in [0.5, 0.6) is 0 Å². The molecule has 0 N–H and O–H groups in total. The summed E-state index contributed by atoms with van der Waals surface area (Å²) in [5.74, 6) is -1.57. The van der Waals surface area contributed by atoms with Crippen molar-refractivity contribution >= 4 is 0 Å². The largest absolute Gasteiger partial charge is 0.392 e. The summed E-state index contributed by atoms with van der Waals surface area (Å²) in [6.07, 6.45) is 2.57. The first-order valence-electron chi connectivity index (χ1n) is 13.5. The van der Waals surface area contributed by atoms with E-state index in [2.05, 4.69) is 68.1 Å². The lowest BCUT2D eigenvalue weighted by molar-refractivity contribution is -0.187. The van der Waals surface area contributed by atoms with E-state index in [9.17, 15) is 13.2 Å². The maximum absolute atomic E-state index is 13.5. The van der Waals surface area contributed by atoms with Crippen LogP contribution in [0.1, 0.15) is 88.8 Å². The lowest BCUT2D eigenvalue weighted by Crippen LogP contribution is -2.41. The number of hydrogen-bond donors (Lipinski definition) is 0. The monoisotopic (exact) mass is 500 g/mol. The van der Waals surface area contributed by atoms with Crippen LogP contribution in [0.25, 0.3) is 0 Å². The van der Waals surface area contributed by atoms with Crippen LogP contribution in [0.2, 0.25) is 0 Å². The molecule has 0 saturated heterocycles. The summed E-state index contributed by atoms with van der Waals surface area (Å²) in [4.78, 5) is 2.61. The van der Waals surface area contributed by atoms with Gasteiger partial charge in [-0.2, -0.15) is 18.4 Å². The van der Waals surface area contributed by atoms with Gasteiger partial charge >= 0.3 is 6.18 Å². The molecular formula is C31H43F3N2.